The van der Waals surface area contributed by atoms with E-state index in [0.29, 0.717) is 18.2 Å². The first-order valence-electron chi connectivity index (χ1n) is 10.0. The summed E-state index contributed by atoms with van der Waals surface area (Å²) in [6, 6.07) is 7.62. The fourth-order valence-electron chi connectivity index (χ4n) is 4.44. The molecule has 1 aromatic carbocycles. The van der Waals surface area contributed by atoms with Crippen LogP contribution in [-0.4, -0.2) is 35.6 Å². The predicted molar refractivity (Wildman–Crippen MR) is 106 cm³/mol. The number of urea groups is 1. The van der Waals surface area contributed by atoms with E-state index in [1.165, 1.54) is 0 Å². The third-order valence-corrected chi connectivity index (χ3v) is 6.09. The van der Waals surface area contributed by atoms with Crippen molar-refractivity contribution in [3.8, 4) is 0 Å². The highest BCUT2D eigenvalue weighted by atomic mass is 35.5. The minimum atomic E-state index is -0.491. The molecule has 1 saturated carbocycles. The molecule has 1 aliphatic carbocycles. The average Bonchev–Trinajstić information content (AvgIpc) is 3.12. The van der Waals surface area contributed by atoms with Crippen molar-refractivity contribution in [3.63, 3.8) is 0 Å². The third-order valence-electron chi connectivity index (χ3n) is 5.75. The van der Waals surface area contributed by atoms with Gasteiger partial charge in [-0.1, -0.05) is 49.1 Å². The number of hydrogen-bond acceptors (Lipinski definition) is 3. The summed E-state index contributed by atoms with van der Waals surface area (Å²) < 4.78 is 5.16. The summed E-state index contributed by atoms with van der Waals surface area (Å²) in [7, 11) is 0. The molecule has 1 heterocycles. The van der Waals surface area contributed by atoms with Crippen molar-refractivity contribution in [2.24, 2.45) is 0 Å². The predicted octanol–water partition coefficient (Wildman–Crippen LogP) is 4.84. The molecule has 2 aliphatic rings. The second kappa shape index (κ2) is 8.96. The maximum atomic E-state index is 13.2. The van der Waals surface area contributed by atoms with Crippen LogP contribution in [0.2, 0.25) is 5.02 Å². The molecule has 148 valence electrons. The van der Waals surface area contributed by atoms with Crippen LogP contribution in [0.3, 0.4) is 0 Å². The first-order valence-corrected chi connectivity index (χ1v) is 10.4. The fraction of sp³-hybridized carbons (Fsp3) is 0.619. The van der Waals surface area contributed by atoms with Gasteiger partial charge in [0.25, 0.3) is 0 Å². The third kappa shape index (κ3) is 4.75. The first-order chi connectivity index (χ1) is 13.0. The molecule has 0 spiro atoms. The van der Waals surface area contributed by atoms with Crippen molar-refractivity contribution >= 4 is 23.6 Å². The minimum absolute atomic E-state index is 0.0121. The average molecular weight is 393 g/mol. The quantitative estimate of drug-likeness (QED) is 0.729. The molecule has 1 unspecified atom stereocenters. The van der Waals surface area contributed by atoms with Crippen LogP contribution in [0.5, 0.6) is 0 Å². The molecule has 1 aliphatic heterocycles. The summed E-state index contributed by atoms with van der Waals surface area (Å²) >= 11 is 6.38. The molecule has 0 radical (unpaired) electrons. The Morgan fingerprint density at radius 1 is 1.22 bits per heavy atom. The van der Waals surface area contributed by atoms with E-state index in [0.717, 1.165) is 50.5 Å². The van der Waals surface area contributed by atoms with Crippen molar-refractivity contribution in [3.05, 3.63) is 34.9 Å². The summed E-state index contributed by atoms with van der Waals surface area (Å²) in [5.41, 5.74) is 0.504. The Bertz CT molecular complexity index is 673. The van der Waals surface area contributed by atoms with Gasteiger partial charge in [0.1, 0.15) is 0 Å². The molecular formula is C21H29ClN2O3. The topological polar surface area (TPSA) is 58.6 Å². The van der Waals surface area contributed by atoms with Gasteiger partial charge in [-0.05, 0) is 44.2 Å². The van der Waals surface area contributed by atoms with E-state index in [9.17, 15) is 9.59 Å². The van der Waals surface area contributed by atoms with Gasteiger partial charge in [0, 0.05) is 11.6 Å². The lowest BCUT2D eigenvalue weighted by Gasteiger charge is -2.39. The lowest BCUT2D eigenvalue weighted by Crippen LogP contribution is -2.55. The van der Waals surface area contributed by atoms with Gasteiger partial charge in [-0.25, -0.2) is 4.79 Å². The number of rotatable bonds is 5. The standard InChI is InChI=1S/C21H29ClN2O3/c1-2-27-19(25)15-21(12-6-3-7-13-21)23-20(26)24-14-8-11-18(24)16-9-4-5-10-17(16)22/h4-5,9-10,18H,2-3,6-8,11-15H2,1H3,(H,23,26). The van der Waals surface area contributed by atoms with Gasteiger partial charge in [-0.15, -0.1) is 0 Å². The molecule has 2 fully saturated rings. The van der Waals surface area contributed by atoms with Crippen molar-refractivity contribution in [2.45, 2.75) is 69.9 Å². The second-order valence-electron chi connectivity index (χ2n) is 7.63. The van der Waals surface area contributed by atoms with Crippen molar-refractivity contribution in [2.75, 3.05) is 13.2 Å². The Hall–Kier alpha value is -1.75. The Balaban J connectivity index is 1.74. The first kappa shape index (κ1) is 20.0. The van der Waals surface area contributed by atoms with Gasteiger partial charge in [-0.3, -0.25) is 4.79 Å². The summed E-state index contributed by atoms with van der Waals surface area (Å²) in [5, 5.41) is 3.92. The second-order valence-corrected chi connectivity index (χ2v) is 8.03. The maximum Gasteiger partial charge on any atom is 0.318 e. The number of hydrogen-bond donors (Lipinski definition) is 1. The van der Waals surface area contributed by atoms with Crippen molar-refractivity contribution < 1.29 is 14.3 Å². The zero-order valence-electron chi connectivity index (χ0n) is 16.0. The number of likely N-dealkylation sites (tertiary alicyclic amines) is 1. The maximum absolute atomic E-state index is 13.2. The van der Waals surface area contributed by atoms with Gasteiger partial charge in [0.15, 0.2) is 0 Å². The highest BCUT2D eigenvalue weighted by Gasteiger charge is 2.39. The summed E-state index contributed by atoms with van der Waals surface area (Å²) in [6.45, 7) is 2.88. The van der Waals surface area contributed by atoms with Crippen LogP contribution in [0.1, 0.15) is 69.9 Å². The molecule has 6 heteroatoms. The van der Waals surface area contributed by atoms with E-state index >= 15 is 0 Å². The van der Waals surface area contributed by atoms with Gasteiger partial charge in [-0.2, -0.15) is 0 Å². The number of benzene rings is 1. The lowest BCUT2D eigenvalue weighted by atomic mass is 9.79. The van der Waals surface area contributed by atoms with E-state index in [4.69, 9.17) is 16.3 Å². The number of carbonyl (C=O) groups excluding carboxylic acids is 2. The Labute approximate surface area is 166 Å². The fourth-order valence-corrected chi connectivity index (χ4v) is 4.70. The Morgan fingerprint density at radius 2 is 1.96 bits per heavy atom. The van der Waals surface area contributed by atoms with E-state index < -0.39 is 5.54 Å². The highest BCUT2D eigenvalue weighted by molar-refractivity contribution is 6.31. The number of halogens is 1. The molecule has 1 aromatic rings. The number of carbonyl (C=O) groups is 2. The van der Waals surface area contributed by atoms with Crippen LogP contribution in [0, 0.1) is 0 Å². The molecule has 0 aromatic heterocycles. The van der Waals surface area contributed by atoms with E-state index in [1.54, 1.807) is 0 Å². The van der Waals surface area contributed by atoms with E-state index in [2.05, 4.69) is 5.32 Å². The summed E-state index contributed by atoms with van der Waals surface area (Å²) in [6.07, 6.45) is 6.94. The SMILES string of the molecule is CCOC(=O)CC1(NC(=O)N2CCCC2c2ccccc2Cl)CCCCC1. The Morgan fingerprint density at radius 3 is 2.67 bits per heavy atom. The van der Waals surface area contributed by atoms with Gasteiger partial charge < -0.3 is 15.0 Å². The minimum Gasteiger partial charge on any atom is -0.466 e. The molecular weight excluding hydrogens is 364 g/mol. The number of nitrogens with one attached hydrogen (secondary N) is 1. The number of amides is 2. The van der Waals surface area contributed by atoms with Crippen LogP contribution in [0.4, 0.5) is 4.79 Å². The van der Waals surface area contributed by atoms with E-state index in [-0.39, 0.29) is 24.5 Å². The largest absolute Gasteiger partial charge is 0.466 e. The van der Waals surface area contributed by atoms with Crippen molar-refractivity contribution in [1.29, 1.82) is 0 Å². The van der Waals surface area contributed by atoms with Gasteiger partial charge in [0.05, 0.1) is 24.6 Å². The monoisotopic (exact) mass is 392 g/mol. The van der Waals surface area contributed by atoms with Crippen LogP contribution < -0.4 is 5.32 Å². The number of nitrogens with zero attached hydrogens (tertiary/aromatic N) is 1. The molecule has 0 bridgehead atoms. The smallest absolute Gasteiger partial charge is 0.318 e. The Kier molecular flexibility index (Phi) is 6.64. The molecule has 5 nitrogen and oxygen atoms in total. The number of esters is 1. The zero-order valence-corrected chi connectivity index (χ0v) is 16.8. The summed E-state index contributed by atoms with van der Waals surface area (Å²) in [5.74, 6) is -0.233. The van der Waals surface area contributed by atoms with Crippen LogP contribution in [-0.2, 0) is 9.53 Å². The van der Waals surface area contributed by atoms with Gasteiger partial charge >= 0.3 is 12.0 Å². The van der Waals surface area contributed by atoms with Crippen LogP contribution in [0.25, 0.3) is 0 Å². The highest BCUT2D eigenvalue weighted by Crippen LogP contribution is 2.37. The van der Waals surface area contributed by atoms with Crippen LogP contribution in [0.15, 0.2) is 24.3 Å². The van der Waals surface area contributed by atoms with Gasteiger partial charge in [0.2, 0.25) is 0 Å². The van der Waals surface area contributed by atoms with Crippen molar-refractivity contribution in [1.82, 2.24) is 10.2 Å². The number of ether oxygens (including phenoxy) is 1. The summed E-state index contributed by atoms with van der Waals surface area (Å²) in [4.78, 5) is 27.2. The van der Waals surface area contributed by atoms with Crippen LogP contribution >= 0.6 is 11.6 Å². The molecule has 3 rings (SSSR count). The zero-order chi connectivity index (χ0) is 19.3. The molecule has 1 saturated heterocycles. The molecule has 1 N–H and O–H groups in total. The van der Waals surface area contributed by atoms with E-state index in [1.807, 2.05) is 36.1 Å². The lowest BCUT2D eigenvalue weighted by molar-refractivity contribution is -0.145. The normalized spacial score (nSPS) is 21.7. The molecule has 27 heavy (non-hydrogen) atoms. The molecule has 1 atom stereocenters. The molecule has 2 amide bonds.